The molecule has 5 rings (SSSR count). The Bertz CT molecular complexity index is 1230. The summed E-state index contributed by atoms with van der Waals surface area (Å²) < 4.78 is 1.16. The zero-order valence-corrected chi connectivity index (χ0v) is 22.4. The van der Waals surface area contributed by atoms with Crippen LogP contribution in [0.3, 0.4) is 0 Å². The van der Waals surface area contributed by atoms with E-state index in [9.17, 15) is 5.11 Å². The van der Waals surface area contributed by atoms with E-state index in [1.54, 1.807) is 22.7 Å². The van der Waals surface area contributed by atoms with Gasteiger partial charge >= 0.3 is 0 Å². The standard InChI is InChI=1S/C23H25N5OS2.C3H8O2/c1-14-20(22-27-18-6-2-3-7-19(18)31-22)21(26-16-9-8-15(11-16)13-29)28-23(25-14)24-12-17-5-4-10-30-17;1-3(2,4)5/h2-7,10,15-16,29H,8-9,11-13H2,1H3,(H2,24,25,26,28);4-5H,1-2H3. The largest absolute Gasteiger partial charge is 0.396 e. The van der Waals surface area contributed by atoms with Crippen molar-refractivity contribution in [2.45, 2.75) is 58.4 Å². The number of hydrogen-bond acceptors (Lipinski definition) is 10. The maximum absolute atomic E-state index is 9.54. The highest BCUT2D eigenvalue weighted by molar-refractivity contribution is 7.21. The van der Waals surface area contributed by atoms with Crippen LogP contribution in [0.15, 0.2) is 41.8 Å². The molecule has 1 fully saturated rings. The minimum atomic E-state index is -1.50. The molecule has 0 saturated heterocycles. The fourth-order valence-electron chi connectivity index (χ4n) is 4.14. The van der Waals surface area contributed by atoms with E-state index in [1.807, 2.05) is 25.1 Å². The summed E-state index contributed by atoms with van der Waals surface area (Å²) in [5, 5.41) is 35.7. The maximum atomic E-state index is 9.54. The number of aliphatic hydroxyl groups excluding tert-OH is 1. The first-order valence-corrected chi connectivity index (χ1v) is 13.7. The van der Waals surface area contributed by atoms with Crippen LogP contribution in [-0.4, -0.2) is 48.7 Å². The highest BCUT2D eigenvalue weighted by Crippen LogP contribution is 2.37. The molecule has 0 bridgehead atoms. The second kappa shape index (κ2) is 11.6. The summed E-state index contributed by atoms with van der Waals surface area (Å²) in [6, 6.07) is 12.6. The number of anilines is 2. The van der Waals surface area contributed by atoms with Gasteiger partial charge in [0.05, 0.1) is 28.0 Å². The molecule has 0 spiro atoms. The normalized spacial score (nSPS) is 17.6. The minimum absolute atomic E-state index is 0.249. The fraction of sp³-hybridized carbons (Fsp3) is 0.423. The number of benzene rings is 1. The van der Waals surface area contributed by atoms with E-state index < -0.39 is 5.79 Å². The Kier molecular flexibility index (Phi) is 8.53. The average molecular weight is 528 g/mol. The van der Waals surface area contributed by atoms with Gasteiger partial charge in [0.25, 0.3) is 0 Å². The van der Waals surface area contributed by atoms with E-state index in [1.165, 1.54) is 18.7 Å². The van der Waals surface area contributed by atoms with Crippen LogP contribution >= 0.6 is 22.7 Å². The maximum Gasteiger partial charge on any atom is 0.225 e. The topological polar surface area (TPSA) is 123 Å². The fourth-order valence-corrected chi connectivity index (χ4v) is 5.84. The SMILES string of the molecule is CC(C)(O)O.Cc1nc(NCc2cccs2)nc(NC2CCC(CO)C2)c1-c1nc2ccccc2s1. The Morgan fingerprint density at radius 3 is 2.50 bits per heavy atom. The molecular formula is C26H33N5O3S2. The lowest BCUT2D eigenvalue weighted by Crippen LogP contribution is -2.19. The number of nitrogens with zero attached hydrogens (tertiary/aromatic N) is 3. The summed E-state index contributed by atoms with van der Waals surface area (Å²) in [4.78, 5) is 15.7. The summed E-state index contributed by atoms with van der Waals surface area (Å²) in [6.07, 6.45) is 3.03. The Balaban J connectivity index is 0.000000556. The molecule has 5 N–H and O–H groups in total. The van der Waals surface area contributed by atoms with Crippen LogP contribution in [0.1, 0.15) is 43.7 Å². The van der Waals surface area contributed by atoms with Crippen molar-refractivity contribution in [1.29, 1.82) is 0 Å². The van der Waals surface area contributed by atoms with Crippen LogP contribution in [0.4, 0.5) is 11.8 Å². The number of thiophene rings is 1. The third kappa shape index (κ3) is 7.21. The van der Waals surface area contributed by atoms with Gasteiger partial charge in [-0.15, -0.1) is 22.7 Å². The third-order valence-corrected chi connectivity index (χ3v) is 7.67. The van der Waals surface area contributed by atoms with Gasteiger partial charge in [-0.2, -0.15) is 4.98 Å². The molecule has 2 unspecified atom stereocenters. The lowest BCUT2D eigenvalue weighted by atomic mass is 10.1. The average Bonchev–Trinajstić information content (AvgIpc) is 3.57. The first-order valence-electron chi connectivity index (χ1n) is 12.0. The Labute approximate surface area is 219 Å². The summed E-state index contributed by atoms with van der Waals surface area (Å²) in [5.74, 6) is 0.307. The third-order valence-electron chi connectivity index (χ3n) is 5.74. The van der Waals surface area contributed by atoms with E-state index in [4.69, 9.17) is 25.2 Å². The molecule has 8 nitrogen and oxygen atoms in total. The molecule has 0 amide bonds. The molecule has 2 atom stereocenters. The highest BCUT2D eigenvalue weighted by atomic mass is 32.1. The van der Waals surface area contributed by atoms with Gasteiger partial charge in [-0.05, 0) is 69.5 Å². The molecule has 0 aliphatic heterocycles. The van der Waals surface area contributed by atoms with Crippen molar-refractivity contribution in [1.82, 2.24) is 15.0 Å². The number of para-hydroxylation sites is 1. The van der Waals surface area contributed by atoms with Gasteiger partial charge in [-0.3, -0.25) is 0 Å². The summed E-state index contributed by atoms with van der Waals surface area (Å²) >= 11 is 3.39. The molecular weight excluding hydrogens is 494 g/mol. The molecule has 4 aromatic rings. The number of thiazole rings is 1. The van der Waals surface area contributed by atoms with E-state index >= 15 is 0 Å². The first-order chi connectivity index (χ1) is 17.2. The van der Waals surface area contributed by atoms with Crippen molar-refractivity contribution >= 4 is 44.7 Å². The van der Waals surface area contributed by atoms with Gasteiger partial charge in [-0.25, -0.2) is 9.97 Å². The molecule has 3 aromatic heterocycles. The quantitative estimate of drug-likeness (QED) is 0.212. The summed E-state index contributed by atoms with van der Waals surface area (Å²) in [7, 11) is 0. The molecule has 1 aliphatic rings. The zero-order chi connectivity index (χ0) is 25.7. The number of aliphatic hydroxyl groups is 3. The molecule has 36 heavy (non-hydrogen) atoms. The number of aryl methyl sites for hydroxylation is 1. The van der Waals surface area contributed by atoms with Crippen LogP contribution in [0.2, 0.25) is 0 Å². The van der Waals surface area contributed by atoms with Crippen molar-refractivity contribution in [3.8, 4) is 10.6 Å². The first kappa shape index (κ1) is 26.4. The van der Waals surface area contributed by atoms with E-state index in [0.29, 0.717) is 24.5 Å². The molecule has 1 aliphatic carbocycles. The second-order valence-electron chi connectivity index (χ2n) is 9.47. The lowest BCUT2D eigenvalue weighted by molar-refractivity contribution is -0.127. The van der Waals surface area contributed by atoms with Gasteiger partial charge < -0.3 is 26.0 Å². The van der Waals surface area contributed by atoms with Crippen LogP contribution in [0.5, 0.6) is 0 Å². The van der Waals surface area contributed by atoms with Crippen molar-refractivity contribution in [3.05, 3.63) is 52.3 Å². The number of hydrogen-bond donors (Lipinski definition) is 5. The van der Waals surface area contributed by atoms with E-state index in [0.717, 1.165) is 51.6 Å². The number of aromatic nitrogens is 3. The van der Waals surface area contributed by atoms with E-state index in [2.05, 4.69) is 34.2 Å². The summed E-state index contributed by atoms with van der Waals surface area (Å²) in [5.41, 5.74) is 2.87. The molecule has 192 valence electrons. The van der Waals surface area contributed by atoms with Gasteiger partial charge in [0, 0.05) is 17.5 Å². The zero-order valence-electron chi connectivity index (χ0n) is 20.7. The van der Waals surface area contributed by atoms with Crippen LogP contribution in [-0.2, 0) is 6.54 Å². The van der Waals surface area contributed by atoms with Crippen LogP contribution in [0.25, 0.3) is 20.8 Å². The smallest absolute Gasteiger partial charge is 0.225 e. The second-order valence-corrected chi connectivity index (χ2v) is 11.5. The molecule has 10 heteroatoms. The van der Waals surface area contributed by atoms with Crippen molar-refractivity contribution < 1.29 is 15.3 Å². The number of fused-ring (bicyclic) bond motifs is 1. The van der Waals surface area contributed by atoms with Crippen molar-refractivity contribution in [2.75, 3.05) is 17.2 Å². The monoisotopic (exact) mass is 527 g/mol. The predicted molar refractivity (Wildman–Crippen MR) is 147 cm³/mol. The van der Waals surface area contributed by atoms with Crippen LogP contribution < -0.4 is 10.6 Å². The lowest BCUT2D eigenvalue weighted by Gasteiger charge is -2.18. The van der Waals surface area contributed by atoms with Gasteiger partial charge in [0.15, 0.2) is 5.79 Å². The Morgan fingerprint density at radius 2 is 1.83 bits per heavy atom. The molecule has 1 saturated carbocycles. The Hall–Kier alpha value is -2.63. The van der Waals surface area contributed by atoms with Gasteiger partial charge in [0.2, 0.25) is 5.95 Å². The van der Waals surface area contributed by atoms with Crippen molar-refractivity contribution in [3.63, 3.8) is 0 Å². The minimum Gasteiger partial charge on any atom is -0.396 e. The van der Waals surface area contributed by atoms with E-state index in [-0.39, 0.29) is 6.61 Å². The van der Waals surface area contributed by atoms with Crippen molar-refractivity contribution in [2.24, 2.45) is 5.92 Å². The predicted octanol–water partition coefficient (Wildman–Crippen LogP) is 5.02. The molecule has 3 heterocycles. The van der Waals surface area contributed by atoms with Gasteiger partial charge in [-0.1, -0.05) is 18.2 Å². The highest BCUT2D eigenvalue weighted by Gasteiger charge is 2.26. The summed E-state index contributed by atoms with van der Waals surface area (Å²) in [6.45, 7) is 5.57. The number of nitrogens with one attached hydrogen (secondary N) is 2. The molecule has 0 radical (unpaired) electrons. The Morgan fingerprint density at radius 1 is 1.06 bits per heavy atom. The number of rotatable bonds is 7. The molecule has 1 aromatic carbocycles. The van der Waals surface area contributed by atoms with Crippen LogP contribution in [0, 0.1) is 12.8 Å². The van der Waals surface area contributed by atoms with Gasteiger partial charge in [0.1, 0.15) is 10.8 Å².